The average Bonchev–Trinajstić information content (AvgIpc) is 2.67. The molecule has 0 aliphatic carbocycles. The van der Waals surface area contributed by atoms with Crippen molar-refractivity contribution >= 4 is 11.5 Å². The highest BCUT2D eigenvalue weighted by atomic mass is 19.4. The van der Waals surface area contributed by atoms with Gasteiger partial charge in [0, 0.05) is 19.0 Å². The lowest BCUT2D eigenvalue weighted by Gasteiger charge is -2.29. The molecule has 1 N–H and O–H groups in total. The number of aromatic nitrogens is 1. The molecule has 0 aromatic carbocycles. The molecule has 0 saturated carbocycles. The maximum absolute atomic E-state index is 12.9. The summed E-state index contributed by atoms with van der Waals surface area (Å²) >= 11 is 0. The molecule has 5 nitrogen and oxygen atoms in total. The first-order valence-electron chi connectivity index (χ1n) is 5.89. The molecule has 0 amide bonds. The van der Waals surface area contributed by atoms with E-state index < -0.39 is 24.4 Å². The lowest BCUT2D eigenvalue weighted by atomic mass is 9.96. The van der Waals surface area contributed by atoms with Gasteiger partial charge in [0.25, 0.3) is 0 Å². The molecular weight excluding hydrogens is 275 g/mol. The first kappa shape index (κ1) is 14.7. The number of alkyl halides is 3. The number of hydrogen-bond donors (Lipinski definition) is 1. The largest absolute Gasteiger partial charge is 0.415 e. The van der Waals surface area contributed by atoms with Crippen molar-refractivity contribution in [3.8, 4) is 0 Å². The number of halogens is 3. The Bertz CT molecular complexity index is 492. The second kappa shape index (κ2) is 5.37. The molecule has 3 unspecified atom stereocenters. The van der Waals surface area contributed by atoms with Crippen LogP contribution in [0.25, 0.3) is 0 Å². The van der Waals surface area contributed by atoms with Gasteiger partial charge >= 0.3 is 6.18 Å². The summed E-state index contributed by atoms with van der Waals surface area (Å²) in [5.41, 5.74) is 0.146. The molecule has 1 aliphatic heterocycles. The van der Waals surface area contributed by atoms with Crippen LogP contribution >= 0.6 is 0 Å². The van der Waals surface area contributed by atoms with Crippen LogP contribution in [0.3, 0.4) is 0 Å². The van der Waals surface area contributed by atoms with Crippen LogP contribution in [-0.2, 0) is 4.74 Å². The molecule has 3 atom stereocenters. The molecule has 1 aromatic heterocycles. The quantitative estimate of drug-likeness (QED) is 0.921. The minimum atomic E-state index is -4.59. The van der Waals surface area contributed by atoms with Crippen LogP contribution in [0.1, 0.15) is 6.92 Å². The second-order valence-electron chi connectivity index (χ2n) is 4.41. The Balaban J connectivity index is 2.29. The molecule has 20 heavy (non-hydrogen) atoms. The van der Waals surface area contributed by atoms with Crippen molar-refractivity contribution in [1.82, 2.24) is 4.98 Å². The number of hydrazone groups is 1. The number of anilines is 1. The molecule has 2 rings (SSSR count). The van der Waals surface area contributed by atoms with Gasteiger partial charge in [-0.05, 0) is 19.1 Å². The fourth-order valence-corrected chi connectivity index (χ4v) is 2.20. The third-order valence-electron chi connectivity index (χ3n) is 3.11. The van der Waals surface area contributed by atoms with E-state index in [2.05, 4.69) is 14.8 Å². The molecule has 0 fully saturated rings. The van der Waals surface area contributed by atoms with Crippen molar-refractivity contribution in [2.24, 2.45) is 11.0 Å². The summed E-state index contributed by atoms with van der Waals surface area (Å²) in [6.07, 6.45) is -6.71. The zero-order valence-corrected chi connectivity index (χ0v) is 10.9. The number of nitrogens with zero attached hydrogens (tertiary/aromatic N) is 3. The van der Waals surface area contributed by atoms with Gasteiger partial charge in [-0.15, -0.1) is 0 Å². The van der Waals surface area contributed by atoms with E-state index in [1.165, 1.54) is 13.1 Å². The molecular formula is C12H14F3N3O2. The Labute approximate surface area is 113 Å². The molecule has 0 radical (unpaired) electrons. The lowest BCUT2D eigenvalue weighted by molar-refractivity contribution is -0.228. The van der Waals surface area contributed by atoms with E-state index in [-0.39, 0.29) is 11.5 Å². The van der Waals surface area contributed by atoms with Crippen LogP contribution < -0.4 is 5.01 Å². The van der Waals surface area contributed by atoms with Crippen LogP contribution in [0, 0.1) is 5.92 Å². The molecule has 1 aliphatic rings. The van der Waals surface area contributed by atoms with Crippen LogP contribution in [0.5, 0.6) is 0 Å². The summed E-state index contributed by atoms with van der Waals surface area (Å²) < 4.78 is 43.3. The van der Waals surface area contributed by atoms with Gasteiger partial charge in [-0.3, -0.25) is 0 Å². The number of rotatable bonds is 3. The Kier molecular flexibility index (Phi) is 3.96. The van der Waals surface area contributed by atoms with Crippen molar-refractivity contribution in [2.75, 3.05) is 12.1 Å². The van der Waals surface area contributed by atoms with Crippen LogP contribution in [0.15, 0.2) is 29.5 Å². The normalized spacial score (nSPS) is 24.7. The van der Waals surface area contributed by atoms with E-state index in [0.717, 1.165) is 12.1 Å². The standard InChI is InChI=1S/C12H14F3N3O2/c1-7-9(10(20-2)12(13,14)15)11(19)18(17-7)8-5-3-4-6-16-8/h3-6,9-11,19H,1-2H3. The third kappa shape index (κ3) is 2.61. The minimum Gasteiger partial charge on any atom is -0.371 e. The van der Waals surface area contributed by atoms with Crippen molar-refractivity contribution in [3.05, 3.63) is 24.4 Å². The van der Waals surface area contributed by atoms with Gasteiger partial charge in [-0.2, -0.15) is 18.3 Å². The summed E-state index contributed by atoms with van der Waals surface area (Å²) in [6.45, 7) is 1.43. The second-order valence-corrected chi connectivity index (χ2v) is 4.41. The maximum Gasteiger partial charge on any atom is 0.415 e. The number of hydrogen-bond acceptors (Lipinski definition) is 5. The molecule has 8 heteroatoms. The summed E-state index contributed by atoms with van der Waals surface area (Å²) in [7, 11) is 0.960. The number of aliphatic hydroxyl groups excluding tert-OH is 1. The van der Waals surface area contributed by atoms with Gasteiger partial charge in [-0.1, -0.05) is 6.07 Å². The lowest BCUT2D eigenvalue weighted by Crippen LogP contribution is -2.47. The summed E-state index contributed by atoms with van der Waals surface area (Å²) in [5.74, 6) is -1.01. The number of methoxy groups -OCH3 is 1. The van der Waals surface area contributed by atoms with E-state index in [9.17, 15) is 18.3 Å². The van der Waals surface area contributed by atoms with Crippen LogP contribution in [0.2, 0.25) is 0 Å². The highest BCUT2D eigenvalue weighted by molar-refractivity contribution is 5.89. The Morgan fingerprint density at radius 3 is 2.60 bits per heavy atom. The van der Waals surface area contributed by atoms with Gasteiger partial charge < -0.3 is 9.84 Å². The highest BCUT2D eigenvalue weighted by Crippen LogP contribution is 2.35. The van der Waals surface area contributed by atoms with Crippen LogP contribution in [0.4, 0.5) is 19.0 Å². The number of pyridine rings is 1. The minimum absolute atomic E-state index is 0.146. The SMILES string of the molecule is COC(C1C(C)=NN(c2ccccn2)C1O)C(F)(F)F. The first-order chi connectivity index (χ1) is 9.36. The third-order valence-corrected chi connectivity index (χ3v) is 3.11. The van der Waals surface area contributed by atoms with E-state index in [0.29, 0.717) is 0 Å². The summed E-state index contributed by atoms with van der Waals surface area (Å²) in [6, 6.07) is 4.87. The fourth-order valence-electron chi connectivity index (χ4n) is 2.20. The van der Waals surface area contributed by atoms with Gasteiger partial charge in [0.05, 0.1) is 5.92 Å². The summed E-state index contributed by atoms with van der Waals surface area (Å²) in [4.78, 5) is 3.96. The zero-order chi connectivity index (χ0) is 14.9. The topological polar surface area (TPSA) is 58.0 Å². The van der Waals surface area contributed by atoms with Crippen LogP contribution in [-0.4, -0.2) is 41.4 Å². The van der Waals surface area contributed by atoms with Crippen molar-refractivity contribution < 1.29 is 23.0 Å². The highest BCUT2D eigenvalue weighted by Gasteiger charge is 2.52. The van der Waals surface area contributed by atoms with Gasteiger partial charge in [0.15, 0.2) is 18.1 Å². The van der Waals surface area contributed by atoms with Gasteiger partial charge in [0.2, 0.25) is 0 Å². The monoisotopic (exact) mass is 289 g/mol. The van der Waals surface area contributed by atoms with Gasteiger partial charge in [0.1, 0.15) is 0 Å². The predicted octanol–water partition coefficient (Wildman–Crippen LogP) is 1.79. The predicted molar refractivity (Wildman–Crippen MR) is 66.2 cm³/mol. The molecule has 0 bridgehead atoms. The van der Waals surface area contributed by atoms with E-state index in [1.54, 1.807) is 18.2 Å². The summed E-state index contributed by atoms with van der Waals surface area (Å²) in [5, 5.41) is 15.2. The number of aliphatic hydroxyl groups is 1. The molecule has 0 spiro atoms. The fraction of sp³-hybridized carbons (Fsp3) is 0.500. The van der Waals surface area contributed by atoms with Crippen molar-refractivity contribution in [1.29, 1.82) is 0 Å². The Morgan fingerprint density at radius 1 is 1.40 bits per heavy atom. The van der Waals surface area contributed by atoms with Crippen molar-refractivity contribution in [2.45, 2.75) is 25.4 Å². The zero-order valence-electron chi connectivity index (χ0n) is 10.9. The van der Waals surface area contributed by atoms with E-state index >= 15 is 0 Å². The Hall–Kier alpha value is -1.67. The van der Waals surface area contributed by atoms with Crippen molar-refractivity contribution in [3.63, 3.8) is 0 Å². The molecule has 0 saturated heterocycles. The molecule has 110 valence electrons. The molecule has 2 heterocycles. The smallest absolute Gasteiger partial charge is 0.371 e. The maximum atomic E-state index is 12.9. The first-order valence-corrected chi connectivity index (χ1v) is 5.89. The van der Waals surface area contributed by atoms with E-state index in [4.69, 9.17) is 0 Å². The Morgan fingerprint density at radius 2 is 2.10 bits per heavy atom. The molecule has 1 aromatic rings. The average molecular weight is 289 g/mol. The number of ether oxygens (including phenoxy) is 1. The van der Waals surface area contributed by atoms with E-state index in [1.807, 2.05) is 0 Å². The van der Waals surface area contributed by atoms with Gasteiger partial charge in [-0.25, -0.2) is 9.99 Å².